The Bertz CT molecular complexity index is 1880. The van der Waals surface area contributed by atoms with E-state index in [0.29, 0.717) is 25.1 Å². The van der Waals surface area contributed by atoms with Crippen molar-refractivity contribution in [3.8, 4) is 34.9 Å². The molecule has 218 valence electrons. The van der Waals surface area contributed by atoms with Crippen LogP contribution in [0.15, 0.2) is 75.6 Å². The zero-order valence-electron chi connectivity index (χ0n) is 22.2. The van der Waals surface area contributed by atoms with Gasteiger partial charge in [0, 0.05) is 24.6 Å². The van der Waals surface area contributed by atoms with Gasteiger partial charge < -0.3 is 25.2 Å². The van der Waals surface area contributed by atoms with Crippen molar-refractivity contribution in [2.45, 2.75) is 9.79 Å². The number of aliphatic imine (C=N–C) groups is 1. The number of hydrogen-bond acceptors (Lipinski definition) is 9. The molecular weight excluding hydrogens is 604 g/mol. The summed E-state index contributed by atoms with van der Waals surface area (Å²) in [5, 5.41) is 19.2. The van der Waals surface area contributed by atoms with Crippen LogP contribution in [0.4, 0.5) is 8.78 Å². The zero-order valence-corrected chi connectivity index (χ0v) is 23.7. The minimum Gasteiger partial charge on any atom is -0.504 e. The van der Waals surface area contributed by atoms with Gasteiger partial charge in [-0.3, -0.25) is 9.79 Å². The average molecular weight is 624 g/mol. The van der Waals surface area contributed by atoms with Gasteiger partial charge in [0.25, 0.3) is 11.8 Å². The molecule has 0 aliphatic carbocycles. The summed E-state index contributed by atoms with van der Waals surface area (Å²) in [4.78, 5) is 22.2. The van der Waals surface area contributed by atoms with Crippen molar-refractivity contribution in [3.63, 3.8) is 0 Å². The first-order valence-electron chi connectivity index (χ1n) is 12.4. The zero-order chi connectivity index (χ0) is 30.8. The van der Waals surface area contributed by atoms with Gasteiger partial charge in [-0.15, -0.1) is 0 Å². The van der Waals surface area contributed by atoms with Gasteiger partial charge in [0.15, 0.2) is 17.3 Å². The number of carbonyl (C=O) groups excluding carboxylic acids is 1. The van der Waals surface area contributed by atoms with Crippen molar-refractivity contribution in [1.29, 1.82) is 5.26 Å². The predicted octanol–water partition coefficient (Wildman–Crippen LogP) is 5.13. The maximum absolute atomic E-state index is 15.5. The largest absolute Gasteiger partial charge is 0.504 e. The van der Waals surface area contributed by atoms with Gasteiger partial charge in [0.1, 0.15) is 11.6 Å². The average Bonchev–Trinajstić information content (AvgIpc) is 3.42. The Morgan fingerprint density at radius 2 is 1.95 bits per heavy atom. The molecule has 5 rings (SSSR count). The molecule has 1 atom stereocenters. The minimum atomic E-state index is -1.94. The lowest BCUT2D eigenvalue weighted by atomic mass is 10.1. The van der Waals surface area contributed by atoms with Crippen LogP contribution in [0.5, 0.6) is 28.9 Å². The van der Waals surface area contributed by atoms with Crippen molar-refractivity contribution in [2.75, 3.05) is 20.1 Å². The number of primary amides is 1. The number of nitriles is 1. The first-order chi connectivity index (χ1) is 20.6. The molecule has 3 aromatic carbocycles. The van der Waals surface area contributed by atoms with Crippen LogP contribution in [0.3, 0.4) is 0 Å². The lowest BCUT2D eigenvalue weighted by molar-refractivity contribution is 0.0997. The number of amides is 1. The molecule has 14 heteroatoms. The molecule has 0 saturated carbocycles. The third kappa shape index (κ3) is 5.83. The molecule has 0 fully saturated rings. The molecule has 1 aliphatic rings. The molecule has 3 N–H and O–H groups in total. The van der Waals surface area contributed by atoms with Gasteiger partial charge in [-0.05, 0) is 42.5 Å². The number of ether oxygens (including phenoxy) is 2. The number of hydrogen-bond donors (Lipinski definition) is 2. The molecule has 2 heterocycles. The molecular formula is C29H20ClF2N5O5S. The molecule has 1 aliphatic heterocycles. The Hall–Kier alpha value is -5.06. The normalized spacial score (nSPS) is 13.3. The number of likely N-dealkylation sites (N-methyl/N-ethyl adjacent to an activating group) is 1. The summed E-state index contributed by atoms with van der Waals surface area (Å²) in [6.07, 6.45) is 0.672. The SMILES string of the molecule is CN1CCN=C1c1cc(S(=O)c2cccc(Cl)c2C(N)=O)ccc1Oc1c(F)cnc(Oc2cc(C#N)ccc2O)c1F. The number of phenolic OH excluding ortho intramolecular Hbond substituents is 1. The Labute approximate surface area is 251 Å². The Morgan fingerprint density at radius 3 is 2.65 bits per heavy atom. The van der Waals surface area contributed by atoms with Crippen LogP contribution in [-0.4, -0.2) is 51.1 Å². The fraction of sp³-hybridized carbons (Fsp3) is 0.103. The summed E-state index contributed by atoms with van der Waals surface area (Å²) in [7, 11) is -0.192. The summed E-state index contributed by atoms with van der Waals surface area (Å²) in [6, 6.07) is 14.2. The highest BCUT2D eigenvalue weighted by atomic mass is 35.5. The van der Waals surface area contributed by atoms with Crippen LogP contribution < -0.4 is 15.2 Å². The molecule has 0 radical (unpaired) electrons. The summed E-state index contributed by atoms with van der Waals surface area (Å²) in [5.41, 5.74) is 5.76. The van der Waals surface area contributed by atoms with E-state index < -0.39 is 45.7 Å². The molecule has 43 heavy (non-hydrogen) atoms. The number of halogens is 3. The number of carbonyl (C=O) groups is 1. The standard InChI is InChI=1S/C29H20ClF2N5O5S/c1-37-10-9-35-28(37)17-12-16(43(40)23-4-2-3-18(30)24(23)27(34)39)6-8-21(17)41-26-19(31)14-36-29(25(26)32)42-22-11-15(13-33)5-7-20(22)38/h2-8,11-12,14,38H,9-10H2,1H3,(H2,34,39). The number of phenols is 1. The lowest BCUT2D eigenvalue weighted by Gasteiger charge is -2.19. The van der Waals surface area contributed by atoms with Crippen LogP contribution in [0.1, 0.15) is 21.5 Å². The van der Waals surface area contributed by atoms with Crippen LogP contribution in [-0.2, 0) is 10.8 Å². The van der Waals surface area contributed by atoms with E-state index in [-0.39, 0.29) is 43.0 Å². The first kappa shape index (κ1) is 29.4. The fourth-order valence-corrected chi connectivity index (χ4v) is 5.81. The monoisotopic (exact) mass is 623 g/mol. The number of rotatable bonds is 8. The van der Waals surface area contributed by atoms with E-state index in [9.17, 15) is 18.5 Å². The van der Waals surface area contributed by atoms with Gasteiger partial charge in [-0.2, -0.15) is 9.65 Å². The highest BCUT2D eigenvalue weighted by Gasteiger charge is 2.26. The molecule has 0 saturated heterocycles. The number of aromatic hydroxyl groups is 1. The van der Waals surface area contributed by atoms with Gasteiger partial charge in [0.2, 0.25) is 11.6 Å². The van der Waals surface area contributed by atoms with Crippen LogP contribution in [0, 0.1) is 23.0 Å². The molecule has 10 nitrogen and oxygen atoms in total. The van der Waals surface area contributed by atoms with E-state index in [1.54, 1.807) is 11.9 Å². The van der Waals surface area contributed by atoms with E-state index in [2.05, 4.69) is 9.98 Å². The highest BCUT2D eigenvalue weighted by Crippen LogP contribution is 2.38. The van der Waals surface area contributed by atoms with E-state index in [4.69, 9.17) is 32.1 Å². The van der Waals surface area contributed by atoms with Crippen molar-refractivity contribution in [1.82, 2.24) is 9.88 Å². The van der Waals surface area contributed by atoms with Gasteiger partial charge in [-0.25, -0.2) is 13.6 Å². The third-order valence-corrected chi connectivity index (χ3v) is 8.03. The number of benzene rings is 3. The summed E-state index contributed by atoms with van der Waals surface area (Å²) < 4.78 is 55.1. The van der Waals surface area contributed by atoms with Crippen LogP contribution in [0.25, 0.3) is 0 Å². The maximum Gasteiger partial charge on any atom is 0.260 e. The lowest BCUT2D eigenvalue weighted by Crippen LogP contribution is -2.24. The molecule has 0 spiro atoms. The number of nitrogens with two attached hydrogens (primary N) is 1. The molecule has 1 unspecified atom stereocenters. The fourth-order valence-electron chi connectivity index (χ4n) is 4.21. The summed E-state index contributed by atoms with van der Waals surface area (Å²) in [6.45, 7) is 0.976. The van der Waals surface area contributed by atoms with Crippen molar-refractivity contribution < 1.29 is 32.4 Å². The second-order valence-electron chi connectivity index (χ2n) is 9.08. The topological polar surface area (TPSA) is 151 Å². The Morgan fingerprint density at radius 1 is 1.16 bits per heavy atom. The first-order valence-corrected chi connectivity index (χ1v) is 13.9. The summed E-state index contributed by atoms with van der Waals surface area (Å²) in [5.74, 6) is -5.27. The molecule has 1 aromatic heterocycles. The Kier molecular flexibility index (Phi) is 8.24. The van der Waals surface area contributed by atoms with E-state index in [0.717, 1.165) is 6.07 Å². The second kappa shape index (κ2) is 12.0. The van der Waals surface area contributed by atoms with Crippen molar-refractivity contribution in [3.05, 3.63) is 94.1 Å². The van der Waals surface area contributed by atoms with E-state index in [1.807, 2.05) is 6.07 Å². The Balaban J connectivity index is 1.56. The quantitative estimate of drug-likeness (QED) is 0.274. The molecule has 1 amide bonds. The van der Waals surface area contributed by atoms with Crippen LogP contribution in [0.2, 0.25) is 5.02 Å². The second-order valence-corrected chi connectivity index (χ2v) is 10.9. The maximum atomic E-state index is 15.5. The number of amidine groups is 1. The van der Waals surface area contributed by atoms with Gasteiger partial charge in [0.05, 0.1) is 56.2 Å². The predicted molar refractivity (Wildman–Crippen MR) is 152 cm³/mol. The summed E-state index contributed by atoms with van der Waals surface area (Å²) >= 11 is 6.15. The van der Waals surface area contributed by atoms with Gasteiger partial charge in [-0.1, -0.05) is 17.7 Å². The number of pyridine rings is 1. The van der Waals surface area contributed by atoms with Crippen LogP contribution >= 0.6 is 11.6 Å². The third-order valence-electron chi connectivity index (χ3n) is 6.29. The number of aromatic nitrogens is 1. The number of nitrogens with zero attached hydrogens (tertiary/aromatic N) is 4. The van der Waals surface area contributed by atoms with Crippen molar-refractivity contribution >= 4 is 34.1 Å². The van der Waals surface area contributed by atoms with Crippen molar-refractivity contribution in [2.24, 2.45) is 10.7 Å². The van der Waals surface area contributed by atoms with E-state index in [1.165, 1.54) is 48.5 Å². The molecule has 4 aromatic rings. The van der Waals surface area contributed by atoms with Gasteiger partial charge >= 0.3 is 0 Å². The minimum absolute atomic E-state index is 0.0350. The molecule has 0 bridgehead atoms. The smallest absolute Gasteiger partial charge is 0.260 e. The highest BCUT2D eigenvalue weighted by molar-refractivity contribution is 7.85. The van der Waals surface area contributed by atoms with E-state index >= 15 is 4.39 Å².